The highest BCUT2D eigenvalue weighted by molar-refractivity contribution is 7.91. The lowest BCUT2D eigenvalue weighted by molar-refractivity contribution is -0.123. The highest BCUT2D eigenvalue weighted by Crippen LogP contribution is 2.34. The predicted molar refractivity (Wildman–Crippen MR) is 136 cm³/mol. The van der Waals surface area contributed by atoms with E-state index < -0.39 is 16.1 Å². The summed E-state index contributed by atoms with van der Waals surface area (Å²) in [6, 6.07) is 6.77. The van der Waals surface area contributed by atoms with Gasteiger partial charge in [-0.3, -0.25) is 9.69 Å². The number of piperidine rings is 1. The normalized spacial score (nSPS) is 17.7. The van der Waals surface area contributed by atoms with Crippen molar-refractivity contribution in [2.45, 2.75) is 43.4 Å². The van der Waals surface area contributed by atoms with Gasteiger partial charge in [-0.05, 0) is 69.4 Å². The van der Waals surface area contributed by atoms with E-state index in [9.17, 15) is 13.2 Å². The summed E-state index contributed by atoms with van der Waals surface area (Å²) in [5.74, 6) is -0.190. The molecule has 1 atom stereocenters. The predicted octanol–water partition coefficient (Wildman–Crippen LogP) is 4.11. The molecule has 178 valence electrons. The van der Waals surface area contributed by atoms with Gasteiger partial charge in [0.15, 0.2) is 5.13 Å². The van der Waals surface area contributed by atoms with Crippen molar-refractivity contribution >= 4 is 54.0 Å². The van der Waals surface area contributed by atoms with Crippen molar-refractivity contribution in [3.05, 3.63) is 40.8 Å². The molecule has 0 aliphatic carbocycles. The number of nitrogens with zero attached hydrogens (tertiary/aromatic N) is 4. The molecule has 1 amide bonds. The number of likely N-dealkylation sites (N-methyl/N-ethyl adjacent to an activating group) is 1. The Morgan fingerprint density at radius 1 is 1.21 bits per heavy atom. The number of aromatic nitrogens is 1. The average Bonchev–Trinajstić information content (AvgIpc) is 3.44. The zero-order valence-electron chi connectivity index (χ0n) is 19.4. The summed E-state index contributed by atoms with van der Waals surface area (Å²) < 4.78 is 29.5. The lowest BCUT2D eigenvalue weighted by Crippen LogP contribution is -2.53. The number of anilines is 1. The summed E-state index contributed by atoms with van der Waals surface area (Å²) in [6.45, 7) is 5.56. The monoisotopic (exact) mass is 506 g/mol. The molecule has 0 radical (unpaired) electrons. The molecule has 0 spiro atoms. The zero-order valence-corrected chi connectivity index (χ0v) is 21.9. The zero-order chi connectivity index (χ0) is 23.8. The number of rotatable bonds is 7. The van der Waals surface area contributed by atoms with E-state index in [0.29, 0.717) is 31.2 Å². The Labute approximate surface area is 203 Å². The third-order valence-corrected chi connectivity index (χ3v) is 10.4. The van der Waals surface area contributed by atoms with Crippen molar-refractivity contribution in [3.8, 4) is 0 Å². The highest BCUT2D eigenvalue weighted by atomic mass is 32.2. The first-order valence-electron chi connectivity index (χ1n) is 11.1. The van der Waals surface area contributed by atoms with Crippen molar-refractivity contribution in [1.29, 1.82) is 0 Å². The average molecular weight is 507 g/mol. The molecule has 3 aromatic rings. The summed E-state index contributed by atoms with van der Waals surface area (Å²) >= 11 is 2.69. The third-order valence-electron chi connectivity index (χ3n) is 5.87. The minimum atomic E-state index is -3.72. The van der Waals surface area contributed by atoms with Crippen LogP contribution in [0.15, 0.2) is 33.9 Å². The molecule has 0 bridgehead atoms. The van der Waals surface area contributed by atoms with Crippen molar-refractivity contribution in [2.24, 2.45) is 0 Å². The molecule has 1 aliphatic rings. The Morgan fingerprint density at radius 2 is 2.00 bits per heavy atom. The third kappa shape index (κ3) is 5.00. The van der Waals surface area contributed by atoms with Gasteiger partial charge in [-0.2, -0.15) is 4.31 Å². The van der Waals surface area contributed by atoms with Crippen LogP contribution in [0.4, 0.5) is 5.13 Å². The standard InChI is InChI=1S/C23H30N4O3S3/c1-16-14-17(2)21-18(15-16)24-23(32-21)26(12-11-25(3)4)22(28)19-8-5-6-10-27(19)33(29,30)20-9-7-13-31-20/h7,9,13-15,19H,5-6,8,10-12H2,1-4H3. The van der Waals surface area contributed by atoms with E-state index in [2.05, 4.69) is 13.0 Å². The number of fused-ring (bicyclic) bond motifs is 1. The van der Waals surface area contributed by atoms with Crippen LogP contribution in [0.2, 0.25) is 0 Å². The molecular weight excluding hydrogens is 476 g/mol. The number of sulfonamides is 1. The number of carbonyl (C=O) groups excluding carboxylic acids is 1. The van der Waals surface area contributed by atoms with Crippen LogP contribution >= 0.6 is 22.7 Å². The van der Waals surface area contributed by atoms with Crippen LogP contribution in [0.3, 0.4) is 0 Å². The number of hydrogen-bond acceptors (Lipinski definition) is 7. The molecule has 1 fully saturated rings. The summed E-state index contributed by atoms with van der Waals surface area (Å²) in [5, 5.41) is 2.38. The van der Waals surface area contributed by atoms with Crippen molar-refractivity contribution < 1.29 is 13.2 Å². The highest BCUT2D eigenvalue weighted by Gasteiger charge is 2.40. The second-order valence-corrected chi connectivity index (χ2v) is 12.8. The Morgan fingerprint density at radius 3 is 2.70 bits per heavy atom. The van der Waals surface area contributed by atoms with Crippen LogP contribution in [0.1, 0.15) is 30.4 Å². The molecule has 2 aromatic heterocycles. The maximum atomic E-state index is 13.9. The smallest absolute Gasteiger partial charge is 0.253 e. The van der Waals surface area contributed by atoms with Gasteiger partial charge in [-0.25, -0.2) is 13.4 Å². The molecule has 1 unspecified atom stereocenters. The van der Waals surface area contributed by atoms with Crippen LogP contribution in [0.5, 0.6) is 0 Å². The van der Waals surface area contributed by atoms with Crippen LogP contribution in [-0.4, -0.2) is 68.3 Å². The lowest BCUT2D eigenvalue weighted by atomic mass is 10.0. The number of thiophene rings is 1. The largest absolute Gasteiger partial charge is 0.308 e. The lowest BCUT2D eigenvalue weighted by Gasteiger charge is -2.36. The van der Waals surface area contributed by atoms with Crippen LogP contribution < -0.4 is 4.90 Å². The van der Waals surface area contributed by atoms with Crippen molar-refractivity contribution in [1.82, 2.24) is 14.2 Å². The quantitative estimate of drug-likeness (QED) is 0.482. The maximum absolute atomic E-state index is 13.9. The van der Waals surface area contributed by atoms with Crippen molar-refractivity contribution in [2.75, 3.05) is 38.6 Å². The van der Waals surface area contributed by atoms with Gasteiger partial charge >= 0.3 is 0 Å². The van der Waals surface area contributed by atoms with E-state index >= 15 is 0 Å². The Hall–Kier alpha value is -1.85. The van der Waals surface area contributed by atoms with Gasteiger partial charge in [0.1, 0.15) is 10.3 Å². The number of aryl methyl sites for hydroxylation is 2. The van der Waals surface area contributed by atoms with Gasteiger partial charge in [-0.1, -0.05) is 29.9 Å². The van der Waals surface area contributed by atoms with Crippen LogP contribution in [0, 0.1) is 13.8 Å². The molecule has 0 N–H and O–H groups in total. The Balaban J connectivity index is 1.72. The number of thiazole rings is 1. The molecule has 1 aromatic carbocycles. The first-order valence-corrected chi connectivity index (χ1v) is 14.2. The minimum Gasteiger partial charge on any atom is -0.308 e. The van der Waals surface area contributed by atoms with Gasteiger partial charge in [0, 0.05) is 19.6 Å². The fourth-order valence-electron chi connectivity index (χ4n) is 4.23. The van der Waals surface area contributed by atoms with Gasteiger partial charge < -0.3 is 4.90 Å². The molecule has 10 heteroatoms. The topological polar surface area (TPSA) is 73.8 Å². The Bertz CT molecular complexity index is 1240. The molecular formula is C23H30N4O3S3. The molecule has 1 saturated heterocycles. The summed E-state index contributed by atoms with van der Waals surface area (Å²) in [5.41, 5.74) is 3.14. The molecule has 0 saturated carbocycles. The summed E-state index contributed by atoms with van der Waals surface area (Å²) in [7, 11) is 0.202. The molecule has 3 heterocycles. The van der Waals surface area contributed by atoms with E-state index in [1.54, 1.807) is 22.4 Å². The molecule has 1 aliphatic heterocycles. The fourth-order valence-corrected chi connectivity index (χ4v) is 8.04. The van der Waals surface area contributed by atoms with Crippen LogP contribution in [0.25, 0.3) is 10.2 Å². The number of benzene rings is 1. The summed E-state index contributed by atoms with van der Waals surface area (Å²) in [4.78, 5) is 22.5. The maximum Gasteiger partial charge on any atom is 0.253 e. The second kappa shape index (κ2) is 9.79. The van der Waals surface area contributed by atoms with Crippen LogP contribution in [-0.2, 0) is 14.8 Å². The molecule has 33 heavy (non-hydrogen) atoms. The number of carbonyl (C=O) groups is 1. The number of amides is 1. The SMILES string of the molecule is Cc1cc(C)c2sc(N(CCN(C)C)C(=O)C3CCCCN3S(=O)(=O)c3cccs3)nc2c1. The second-order valence-electron chi connectivity index (χ2n) is 8.78. The van der Waals surface area contributed by atoms with Gasteiger partial charge in [0.2, 0.25) is 5.91 Å². The van der Waals surface area contributed by atoms with Gasteiger partial charge in [0.25, 0.3) is 10.0 Å². The fraction of sp³-hybridized carbons (Fsp3) is 0.478. The van der Waals surface area contributed by atoms with E-state index in [-0.39, 0.29) is 10.1 Å². The number of hydrogen-bond donors (Lipinski definition) is 0. The first kappa shape index (κ1) is 24.3. The Kier molecular flexibility index (Phi) is 7.20. The molecule has 4 rings (SSSR count). The van der Waals surface area contributed by atoms with Gasteiger partial charge in [0.05, 0.1) is 10.2 Å². The van der Waals surface area contributed by atoms with E-state index in [1.165, 1.54) is 27.0 Å². The minimum absolute atomic E-state index is 0.190. The van der Waals surface area contributed by atoms with Crippen molar-refractivity contribution in [3.63, 3.8) is 0 Å². The van der Waals surface area contributed by atoms with E-state index in [4.69, 9.17) is 4.98 Å². The summed E-state index contributed by atoms with van der Waals surface area (Å²) in [6.07, 6.45) is 2.10. The first-order chi connectivity index (χ1) is 15.7. The molecule has 7 nitrogen and oxygen atoms in total. The van der Waals surface area contributed by atoms with Gasteiger partial charge in [-0.15, -0.1) is 11.3 Å². The van der Waals surface area contributed by atoms with E-state index in [0.717, 1.165) is 34.2 Å². The van der Waals surface area contributed by atoms with E-state index in [1.807, 2.05) is 32.0 Å².